The highest BCUT2D eigenvalue weighted by molar-refractivity contribution is 4.92. The number of hydrogen-bond donors (Lipinski definition) is 2. The van der Waals surface area contributed by atoms with Gasteiger partial charge in [0.25, 0.3) is 0 Å². The molecular formula is C13H25NO2. The highest BCUT2D eigenvalue weighted by atomic mass is 16.5. The van der Waals surface area contributed by atoms with Gasteiger partial charge in [0.2, 0.25) is 0 Å². The van der Waals surface area contributed by atoms with Gasteiger partial charge in [0.05, 0.1) is 12.7 Å². The second-order valence-corrected chi connectivity index (χ2v) is 5.31. The molecule has 0 aliphatic heterocycles. The van der Waals surface area contributed by atoms with E-state index in [0.29, 0.717) is 19.8 Å². The lowest BCUT2D eigenvalue weighted by atomic mass is 9.98. The fourth-order valence-corrected chi connectivity index (χ4v) is 2.50. The van der Waals surface area contributed by atoms with Crippen LogP contribution < -0.4 is 5.32 Å². The van der Waals surface area contributed by atoms with Crippen molar-refractivity contribution in [2.75, 3.05) is 26.3 Å². The minimum absolute atomic E-state index is 0.348. The Labute approximate surface area is 98.6 Å². The summed E-state index contributed by atoms with van der Waals surface area (Å²) in [4.78, 5) is 0. The van der Waals surface area contributed by atoms with Crippen molar-refractivity contribution in [2.45, 2.75) is 38.7 Å². The van der Waals surface area contributed by atoms with Crippen molar-refractivity contribution in [3.8, 4) is 0 Å². The van der Waals surface area contributed by atoms with Gasteiger partial charge in [-0.3, -0.25) is 0 Å². The Kier molecular flexibility index (Phi) is 4.62. The Bertz CT molecular complexity index is 190. The Morgan fingerprint density at radius 1 is 1.19 bits per heavy atom. The number of rotatable bonds is 9. The van der Waals surface area contributed by atoms with E-state index in [1.54, 1.807) is 0 Å². The molecule has 0 aromatic heterocycles. The van der Waals surface area contributed by atoms with E-state index in [0.717, 1.165) is 24.3 Å². The topological polar surface area (TPSA) is 41.5 Å². The molecule has 0 bridgehead atoms. The van der Waals surface area contributed by atoms with E-state index in [9.17, 15) is 5.11 Å². The lowest BCUT2D eigenvalue weighted by Crippen LogP contribution is -2.34. The molecule has 16 heavy (non-hydrogen) atoms. The first-order valence-corrected chi connectivity index (χ1v) is 6.77. The fourth-order valence-electron chi connectivity index (χ4n) is 2.50. The van der Waals surface area contributed by atoms with Crippen molar-refractivity contribution in [2.24, 2.45) is 17.8 Å². The van der Waals surface area contributed by atoms with Crippen molar-refractivity contribution >= 4 is 0 Å². The van der Waals surface area contributed by atoms with Crippen LogP contribution in [0.2, 0.25) is 0 Å². The Morgan fingerprint density at radius 3 is 2.31 bits per heavy atom. The summed E-state index contributed by atoms with van der Waals surface area (Å²) < 4.78 is 5.18. The van der Waals surface area contributed by atoms with Gasteiger partial charge in [0.1, 0.15) is 0 Å². The maximum absolute atomic E-state index is 9.61. The van der Waals surface area contributed by atoms with Crippen molar-refractivity contribution < 1.29 is 9.84 Å². The first-order chi connectivity index (χ1) is 7.81. The van der Waals surface area contributed by atoms with Crippen LogP contribution in [0.15, 0.2) is 0 Å². The maximum Gasteiger partial charge on any atom is 0.0897 e. The first kappa shape index (κ1) is 12.3. The zero-order chi connectivity index (χ0) is 11.4. The van der Waals surface area contributed by atoms with Gasteiger partial charge < -0.3 is 15.2 Å². The number of aliphatic hydroxyl groups is 1. The molecule has 94 valence electrons. The molecule has 2 rings (SSSR count). The molecule has 1 unspecified atom stereocenters. The van der Waals surface area contributed by atoms with Gasteiger partial charge in [-0.05, 0) is 56.9 Å². The lowest BCUT2D eigenvalue weighted by molar-refractivity contribution is 0.0421. The summed E-state index contributed by atoms with van der Waals surface area (Å²) in [7, 11) is 0. The molecule has 2 aliphatic carbocycles. The van der Waals surface area contributed by atoms with Gasteiger partial charge in [0.15, 0.2) is 0 Å². The number of hydrogen-bond acceptors (Lipinski definition) is 3. The van der Waals surface area contributed by atoms with Crippen LogP contribution in [0.25, 0.3) is 0 Å². The summed E-state index contributed by atoms with van der Waals surface area (Å²) >= 11 is 0. The van der Waals surface area contributed by atoms with E-state index in [2.05, 4.69) is 5.32 Å². The zero-order valence-electron chi connectivity index (χ0n) is 10.3. The van der Waals surface area contributed by atoms with E-state index < -0.39 is 0 Å². The van der Waals surface area contributed by atoms with Crippen molar-refractivity contribution in [1.82, 2.24) is 5.32 Å². The third-order valence-electron chi connectivity index (χ3n) is 3.73. The summed E-state index contributed by atoms with van der Waals surface area (Å²) in [5, 5.41) is 13.0. The average Bonchev–Trinajstić information content (AvgIpc) is 3.14. The maximum atomic E-state index is 9.61. The highest BCUT2D eigenvalue weighted by Gasteiger charge is 2.40. The van der Waals surface area contributed by atoms with Gasteiger partial charge in [-0.25, -0.2) is 0 Å². The number of nitrogens with one attached hydrogen (secondary N) is 1. The monoisotopic (exact) mass is 227 g/mol. The van der Waals surface area contributed by atoms with Crippen LogP contribution in [0, 0.1) is 17.8 Å². The van der Waals surface area contributed by atoms with E-state index in [4.69, 9.17) is 4.74 Å². The molecule has 2 saturated carbocycles. The van der Waals surface area contributed by atoms with Crippen LogP contribution in [-0.2, 0) is 4.74 Å². The van der Waals surface area contributed by atoms with Crippen LogP contribution >= 0.6 is 0 Å². The summed E-state index contributed by atoms with van der Waals surface area (Å²) in [6, 6.07) is 0. The molecule has 0 spiro atoms. The molecule has 3 nitrogen and oxygen atoms in total. The Morgan fingerprint density at radius 2 is 1.81 bits per heavy atom. The third kappa shape index (κ3) is 4.04. The molecule has 0 radical (unpaired) electrons. The smallest absolute Gasteiger partial charge is 0.0897 e. The van der Waals surface area contributed by atoms with Crippen LogP contribution in [-0.4, -0.2) is 37.5 Å². The van der Waals surface area contributed by atoms with Gasteiger partial charge in [-0.2, -0.15) is 0 Å². The normalized spacial score (nSPS) is 22.7. The molecule has 0 aromatic carbocycles. The molecule has 3 heteroatoms. The minimum Gasteiger partial charge on any atom is -0.389 e. The van der Waals surface area contributed by atoms with Gasteiger partial charge in [-0.1, -0.05) is 0 Å². The molecule has 0 heterocycles. The summed E-state index contributed by atoms with van der Waals surface area (Å²) in [6.07, 6.45) is 5.39. The fraction of sp³-hybridized carbons (Fsp3) is 1.00. The van der Waals surface area contributed by atoms with Crippen LogP contribution in [0.3, 0.4) is 0 Å². The molecule has 1 atom stereocenters. The Balaban J connectivity index is 1.55. The van der Waals surface area contributed by atoms with Crippen molar-refractivity contribution in [3.63, 3.8) is 0 Å². The predicted molar refractivity (Wildman–Crippen MR) is 64.3 cm³/mol. The summed E-state index contributed by atoms with van der Waals surface area (Å²) in [5.41, 5.74) is 0. The van der Waals surface area contributed by atoms with E-state index in [-0.39, 0.29) is 6.10 Å². The molecule has 2 N–H and O–H groups in total. The second-order valence-electron chi connectivity index (χ2n) is 5.31. The van der Waals surface area contributed by atoms with Gasteiger partial charge in [-0.15, -0.1) is 0 Å². The molecule has 2 aliphatic rings. The highest BCUT2D eigenvalue weighted by Crippen LogP contribution is 2.48. The van der Waals surface area contributed by atoms with Crippen LogP contribution in [0.5, 0.6) is 0 Å². The van der Waals surface area contributed by atoms with E-state index >= 15 is 0 Å². The van der Waals surface area contributed by atoms with Gasteiger partial charge in [0, 0.05) is 13.2 Å². The van der Waals surface area contributed by atoms with Crippen LogP contribution in [0.4, 0.5) is 0 Å². The zero-order valence-corrected chi connectivity index (χ0v) is 10.3. The summed E-state index contributed by atoms with van der Waals surface area (Å²) in [5.74, 6) is 2.87. The van der Waals surface area contributed by atoms with Crippen LogP contribution in [0.1, 0.15) is 32.6 Å². The Hall–Kier alpha value is -0.120. The average molecular weight is 227 g/mol. The molecule has 0 saturated heterocycles. The first-order valence-electron chi connectivity index (χ1n) is 6.77. The largest absolute Gasteiger partial charge is 0.389 e. The van der Waals surface area contributed by atoms with E-state index in [1.165, 1.54) is 25.7 Å². The molecule has 0 amide bonds. The SMILES string of the molecule is CCOCC(O)CNCC(C1CC1)C1CC1. The minimum atomic E-state index is -0.348. The van der Waals surface area contributed by atoms with Crippen molar-refractivity contribution in [3.05, 3.63) is 0 Å². The standard InChI is InChI=1S/C13H25NO2/c1-2-16-9-12(15)7-14-8-13(10-3-4-10)11-5-6-11/h10-15H,2-9H2,1H3. The van der Waals surface area contributed by atoms with Crippen molar-refractivity contribution in [1.29, 1.82) is 0 Å². The summed E-state index contributed by atoms with van der Waals surface area (Å²) in [6.45, 7) is 4.87. The number of aliphatic hydroxyl groups excluding tert-OH is 1. The van der Waals surface area contributed by atoms with E-state index in [1.807, 2.05) is 6.92 Å². The molecule has 2 fully saturated rings. The van der Waals surface area contributed by atoms with Gasteiger partial charge >= 0.3 is 0 Å². The number of ether oxygens (including phenoxy) is 1. The second kappa shape index (κ2) is 5.99. The molecular weight excluding hydrogens is 202 g/mol. The molecule has 0 aromatic rings. The third-order valence-corrected chi connectivity index (χ3v) is 3.73. The quantitative estimate of drug-likeness (QED) is 0.626. The lowest BCUT2D eigenvalue weighted by Gasteiger charge is -2.18. The predicted octanol–water partition coefficient (Wildman–Crippen LogP) is 1.41.